The van der Waals surface area contributed by atoms with E-state index < -0.39 is 35.3 Å². The average Bonchev–Trinajstić information content (AvgIpc) is 3.35. The van der Waals surface area contributed by atoms with Crippen molar-refractivity contribution in [2.24, 2.45) is 0 Å². The largest absolute Gasteiger partial charge is 0.507 e. The van der Waals surface area contributed by atoms with Gasteiger partial charge in [-0.3, -0.25) is 14.5 Å². The maximum atomic E-state index is 13.5. The second kappa shape index (κ2) is 9.89. The third-order valence-corrected chi connectivity index (χ3v) is 7.24. The van der Waals surface area contributed by atoms with Gasteiger partial charge in [0.05, 0.1) is 23.9 Å². The zero-order valence-corrected chi connectivity index (χ0v) is 22.0. The van der Waals surface area contributed by atoms with Gasteiger partial charge >= 0.3 is 11.9 Å². The molecule has 3 aromatic rings. The molecule has 1 aliphatic heterocycles. The zero-order chi connectivity index (χ0) is 27.1. The number of carbonyl (C=O) groups is 3. The second-order valence-electron chi connectivity index (χ2n) is 9.68. The molecule has 1 aliphatic rings. The first kappa shape index (κ1) is 26.2. The molecule has 192 valence electrons. The van der Waals surface area contributed by atoms with Crippen LogP contribution >= 0.6 is 11.3 Å². The number of ketones is 1. The summed E-state index contributed by atoms with van der Waals surface area (Å²) >= 11 is 0.941. The quantitative estimate of drug-likeness (QED) is 0.200. The van der Waals surface area contributed by atoms with E-state index in [9.17, 15) is 23.9 Å². The summed E-state index contributed by atoms with van der Waals surface area (Å²) in [6.07, 6.45) is 0. The number of carbonyl (C=O) groups excluding carboxylic acids is 3. The lowest BCUT2D eigenvalue weighted by Crippen LogP contribution is -2.29. The Hall–Kier alpha value is -3.85. The number of ether oxygens (including phenoxy) is 1. The van der Waals surface area contributed by atoms with Gasteiger partial charge < -0.3 is 9.84 Å². The highest BCUT2D eigenvalue weighted by Crippen LogP contribution is 2.44. The van der Waals surface area contributed by atoms with Crippen molar-refractivity contribution in [1.82, 2.24) is 4.98 Å². The van der Waals surface area contributed by atoms with E-state index in [-0.39, 0.29) is 33.2 Å². The Bertz CT molecular complexity index is 1400. The molecule has 0 spiro atoms. The molecule has 0 bridgehead atoms. The van der Waals surface area contributed by atoms with Gasteiger partial charge in [0.1, 0.15) is 16.5 Å². The first-order valence-electron chi connectivity index (χ1n) is 11.8. The molecule has 1 N–H and O–H groups in total. The number of aliphatic hydroxyl groups is 1. The Labute approximate surface area is 218 Å². The van der Waals surface area contributed by atoms with Crippen molar-refractivity contribution in [3.63, 3.8) is 0 Å². The number of benzene rings is 2. The summed E-state index contributed by atoms with van der Waals surface area (Å²) in [6.45, 7) is 9.68. The number of hydrogen-bond acceptors (Lipinski definition) is 7. The summed E-state index contributed by atoms with van der Waals surface area (Å²) in [4.78, 5) is 44.9. The zero-order valence-electron chi connectivity index (χ0n) is 21.2. The van der Waals surface area contributed by atoms with Crippen LogP contribution in [0.15, 0.2) is 54.1 Å². The molecule has 4 rings (SSSR count). The minimum Gasteiger partial charge on any atom is -0.507 e. The summed E-state index contributed by atoms with van der Waals surface area (Å²) < 4.78 is 18.6. The van der Waals surface area contributed by atoms with E-state index in [0.29, 0.717) is 11.3 Å². The van der Waals surface area contributed by atoms with E-state index in [1.807, 2.05) is 12.1 Å². The topological polar surface area (TPSA) is 96.8 Å². The van der Waals surface area contributed by atoms with Crippen LogP contribution in [0.1, 0.15) is 65.8 Å². The molecular formula is C28H27FN2O5S. The van der Waals surface area contributed by atoms with Gasteiger partial charge in [-0.2, -0.15) is 0 Å². The minimum absolute atomic E-state index is 0.130. The number of hydrogen-bond donors (Lipinski definition) is 1. The van der Waals surface area contributed by atoms with E-state index in [1.165, 1.54) is 17.0 Å². The number of aliphatic hydroxyl groups excluding tert-OH is 1. The lowest BCUT2D eigenvalue weighted by molar-refractivity contribution is -0.132. The summed E-state index contributed by atoms with van der Waals surface area (Å²) in [5.41, 5.74) is 1.89. The molecule has 9 heteroatoms. The van der Waals surface area contributed by atoms with Crippen molar-refractivity contribution in [3.05, 3.63) is 87.2 Å². The summed E-state index contributed by atoms with van der Waals surface area (Å²) in [6, 6.07) is 11.4. The van der Waals surface area contributed by atoms with Crippen LogP contribution in [0.2, 0.25) is 0 Å². The number of esters is 1. The fourth-order valence-electron chi connectivity index (χ4n) is 4.15. The molecular weight excluding hydrogens is 495 g/mol. The monoisotopic (exact) mass is 522 g/mol. The number of Topliss-reactive ketones (excluding diaryl/α,β-unsaturated/α-hetero) is 1. The SMILES string of the molecule is CCOC(=O)c1sc(N2C(=O)C(=O)/C(=C(/O)c3ccc(F)cc3)[C@@H]2c2ccc(C(C)(C)C)cc2)nc1C. The van der Waals surface area contributed by atoms with Crippen LogP contribution in [0.5, 0.6) is 0 Å². The fraction of sp³-hybridized carbons (Fsp3) is 0.286. The van der Waals surface area contributed by atoms with Crippen molar-refractivity contribution < 1.29 is 28.6 Å². The van der Waals surface area contributed by atoms with Gasteiger partial charge in [0.2, 0.25) is 0 Å². The number of anilines is 1. The molecule has 1 saturated heterocycles. The van der Waals surface area contributed by atoms with Crippen LogP contribution in [-0.2, 0) is 19.7 Å². The Kier molecular flexibility index (Phi) is 7.01. The first-order chi connectivity index (χ1) is 17.4. The molecule has 1 amide bonds. The smallest absolute Gasteiger partial charge is 0.350 e. The molecule has 0 saturated carbocycles. The standard InChI is InChI=1S/C28H27FN2O5S/c1-6-36-26(35)24-15(2)30-27(37-24)31-21(16-7-11-18(12-8-16)28(3,4)5)20(23(33)25(31)34)22(32)17-9-13-19(29)14-10-17/h7-14,21,32H,6H2,1-5H3/b22-20+/t21-/m0/s1. The van der Waals surface area contributed by atoms with Crippen LogP contribution in [0.25, 0.3) is 5.76 Å². The van der Waals surface area contributed by atoms with E-state index in [2.05, 4.69) is 25.8 Å². The molecule has 37 heavy (non-hydrogen) atoms. The fourth-order valence-corrected chi connectivity index (χ4v) is 5.13. The maximum Gasteiger partial charge on any atom is 0.350 e. The molecule has 2 aromatic carbocycles. The van der Waals surface area contributed by atoms with Gasteiger partial charge in [-0.15, -0.1) is 0 Å². The predicted octanol–water partition coefficient (Wildman–Crippen LogP) is 5.69. The van der Waals surface area contributed by atoms with Crippen LogP contribution in [0.4, 0.5) is 9.52 Å². The Balaban J connectivity index is 1.91. The third-order valence-electron chi connectivity index (χ3n) is 6.11. The lowest BCUT2D eigenvalue weighted by Gasteiger charge is -2.24. The molecule has 0 unspecified atom stereocenters. The highest BCUT2D eigenvalue weighted by Gasteiger charge is 2.48. The second-order valence-corrected chi connectivity index (χ2v) is 10.7. The molecule has 7 nitrogen and oxygen atoms in total. The van der Waals surface area contributed by atoms with Gasteiger partial charge in [0, 0.05) is 5.56 Å². The van der Waals surface area contributed by atoms with E-state index in [1.54, 1.807) is 26.0 Å². The molecule has 0 aliphatic carbocycles. The normalized spacial score (nSPS) is 17.4. The molecule has 1 aromatic heterocycles. The maximum absolute atomic E-state index is 13.5. The highest BCUT2D eigenvalue weighted by molar-refractivity contribution is 7.17. The van der Waals surface area contributed by atoms with Crippen molar-refractivity contribution in [2.45, 2.75) is 46.1 Å². The van der Waals surface area contributed by atoms with Crippen LogP contribution in [0.3, 0.4) is 0 Å². The molecule has 1 fully saturated rings. The van der Waals surface area contributed by atoms with E-state index >= 15 is 0 Å². The van der Waals surface area contributed by atoms with Crippen molar-refractivity contribution >= 4 is 39.9 Å². The summed E-state index contributed by atoms with van der Waals surface area (Å²) in [7, 11) is 0. The van der Waals surface area contributed by atoms with E-state index in [4.69, 9.17) is 4.74 Å². The first-order valence-corrected chi connectivity index (χ1v) is 12.6. The Morgan fingerprint density at radius 1 is 1.11 bits per heavy atom. The van der Waals surface area contributed by atoms with Crippen molar-refractivity contribution in [3.8, 4) is 0 Å². The van der Waals surface area contributed by atoms with E-state index in [0.717, 1.165) is 29.0 Å². The van der Waals surface area contributed by atoms with Gasteiger partial charge in [-0.25, -0.2) is 14.2 Å². The van der Waals surface area contributed by atoms with Gasteiger partial charge in [0.15, 0.2) is 5.13 Å². The number of aromatic nitrogens is 1. The van der Waals surface area contributed by atoms with Crippen molar-refractivity contribution in [1.29, 1.82) is 0 Å². The molecule has 1 atom stereocenters. The van der Waals surface area contributed by atoms with Crippen LogP contribution in [-0.4, -0.2) is 34.4 Å². The molecule has 0 radical (unpaired) electrons. The number of nitrogens with zero attached hydrogens (tertiary/aromatic N) is 2. The number of amides is 1. The highest BCUT2D eigenvalue weighted by atomic mass is 32.1. The van der Waals surface area contributed by atoms with Gasteiger partial charge in [-0.1, -0.05) is 56.4 Å². The van der Waals surface area contributed by atoms with Gasteiger partial charge in [0.25, 0.3) is 5.78 Å². The number of thiazole rings is 1. The van der Waals surface area contributed by atoms with Gasteiger partial charge in [-0.05, 0) is 54.7 Å². The minimum atomic E-state index is -1.01. The van der Waals surface area contributed by atoms with Crippen molar-refractivity contribution in [2.75, 3.05) is 11.5 Å². The number of rotatable bonds is 5. The number of halogens is 1. The molecule has 2 heterocycles. The Morgan fingerprint density at radius 2 is 1.73 bits per heavy atom. The Morgan fingerprint density at radius 3 is 2.30 bits per heavy atom. The number of aryl methyl sites for hydroxylation is 1. The van der Waals surface area contributed by atoms with Crippen LogP contribution in [0, 0.1) is 12.7 Å². The lowest BCUT2D eigenvalue weighted by atomic mass is 9.85. The summed E-state index contributed by atoms with van der Waals surface area (Å²) in [5.74, 6) is -3.30. The average molecular weight is 523 g/mol. The summed E-state index contributed by atoms with van der Waals surface area (Å²) in [5, 5.41) is 11.3. The van der Waals surface area contributed by atoms with Crippen LogP contribution < -0.4 is 4.90 Å². The third kappa shape index (κ3) is 4.91. The predicted molar refractivity (Wildman–Crippen MR) is 139 cm³/mol.